The predicted octanol–water partition coefficient (Wildman–Crippen LogP) is 4.34. The summed E-state index contributed by atoms with van der Waals surface area (Å²) in [6.45, 7) is 8.67. The SMILES string of the molecule is CCOC(=O)c1cn(CC)c2nc(/C=C/c3nc(C(C)C)cs3)ccc2c1=O. The van der Waals surface area contributed by atoms with Gasteiger partial charge in [0.25, 0.3) is 0 Å². The lowest BCUT2D eigenvalue weighted by Gasteiger charge is -2.10. The fourth-order valence-electron chi connectivity index (χ4n) is 2.77. The number of aryl methyl sites for hydroxylation is 1. The van der Waals surface area contributed by atoms with Crippen LogP contribution in [0.25, 0.3) is 23.2 Å². The summed E-state index contributed by atoms with van der Waals surface area (Å²) in [6, 6.07) is 3.48. The number of esters is 1. The molecule has 0 aliphatic carbocycles. The molecule has 0 aromatic carbocycles. The van der Waals surface area contributed by atoms with Crippen molar-refractivity contribution in [2.75, 3.05) is 6.61 Å². The van der Waals surface area contributed by atoms with Crippen molar-refractivity contribution in [3.05, 3.63) is 55.9 Å². The Morgan fingerprint density at radius 3 is 2.68 bits per heavy atom. The molecule has 6 nitrogen and oxygen atoms in total. The van der Waals surface area contributed by atoms with Crippen molar-refractivity contribution in [1.82, 2.24) is 14.5 Å². The maximum Gasteiger partial charge on any atom is 0.343 e. The number of hydrogen-bond donors (Lipinski definition) is 0. The number of ether oxygens (including phenoxy) is 1. The molecule has 0 saturated carbocycles. The van der Waals surface area contributed by atoms with Crippen molar-refractivity contribution in [3.63, 3.8) is 0 Å². The summed E-state index contributed by atoms with van der Waals surface area (Å²) >= 11 is 1.59. The number of carbonyl (C=O) groups excluding carboxylic acids is 1. The number of aromatic nitrogens is 3. The lowest BCUT2D eigenvalue weighted by molar-refractivity contribution is 0.0524. The molecule has 146 valence electrons. The minimum absolute atomic E-state index is 0.0327. The van der Waals surface area contributed by atoms with Crippen molar-refractivity contribution in [2.24, 2.45) is 0 Å². The van der Waals surface area contributed by atoms with Gasteiger partial charge < -0.3 is 9.30 Å². The first-order chi connectivity index (χ1) is 13.4. The smallest absolute Gasteiger partial charge is 0.343 e. The second-order valence-corrected chi connectivity index (χ2v) is 7.47. The first kappa shape index (κ1) is 19.9. The Morgan fingerprint density at radius 1 is 1.25 bits per heavy atom. The van der Waals surface area contributed by atoms with Crippen molar-refractivity contribution in [3.8, 4) is 0 Å². The van der Waals surface area contributed by atoms with E-state index in [-0.39, 0.29) is 17.6 Å². The van der Waals surface area contributed by atoms with Gasteiger partial charge in [-0.2, -0.15) is 0 Å². The average Bonchev–Trinajstić information content (AvgIpc) is 3.16. The Hall–Kier alpha value is -2.80. The largest absolute Gasteiger partial charge is 0.462 e. The zero-order valence-corrected chi connectivity index (χ0v) is 17.2. The minimum Gasteiger partial charge on any atom is -0.462 e. The van der Waals surface area contributed by atoms with E-state index in [0.29, 0.717) is 23.5 Å². The first-order valence-corrected chi connectivity index (χ1v) is 10.2. The molecule has 0 aliphatic heterocycles. The van der Waals surface area contributed by atoms with Gasteiger partial charge >= 0.3 is 5.97 Å². The molecule has 0 fully saturated rings. The van der Waals surface area contributed by atoms with Crippen LogP contribution in [0.3, 0.4) is 0 Å². The maximum absolute atomic E-state index is 12.7. The molecule has 3 rings (SSSR count). The number of fused-ring (bicyclic) bond motifs is 1. The Morgan fingerprint density at radius 2 is 2.04 bits per heavy atom. The molecular weight excluding hydrogens is 374 g/mol. The monoisotopic (exact) mass is 397 g/mol. The van der Waals surface area contributed by atoms with Crippen LogP contribution in [-0.4, -0.2) is 27.1 Å². The molecule has 3 aromatic heterocycles. The summed E-state index contributed by atoms with van der Waals surface area (Å²) in [5.74, 6) is -0.213. The van der Waals surface area contributed by atoms with Gasteiger partial charge in [0.05, 0.1) is 23.4 Å². The third-order valence-corrected chi connectivity index (χ3v) is 5.14. The van der Waals surface area contributed by atoms with Crippen LogP contribution in [0.15, 0.2) is 28.5 Å². The van der Waals surface area contributed by atoms with Crippen LogP contribution < -0.4 is 5.43 Å². The van der Waals surface area contributed by atoms with E-state index in [0.717, 1.165) is 16.4 Å². The molecule has 3 aromatic rings. The van der Waals surface area contributed by atoms with Crippen LogP contribution in [0.1, 0.15) is 60.4 Å². The number of pyridine rings is 2. The molecule has 0 bridgehead atoms. The number of carbonyl (C=O) groups is 1. The highest BCUT2D eigenvalue weighted by Crippen LogP contribution is 2.20. The van der Waals surface area contributed by atoms with Crippen LogP contribution >= 0.6 is 11.3 Å². The molecular formula is C21H23N3O3S. The number of rotatable bonds is 6. The summed E-state index contributed by atoms with van der Waals surface area (Å²) in [5, 5.41) is 3.38. The van der Waals surface area contributed by atoms with Gasteiger partial charge in [0.1, 0.15) is 16.2 Å². The van der Waals surface area contributed by atoms with E-state index in [1.807, 2.05) is 19.1 Å². The van der Waals surface area contributed by atoms with E-state index in [1.54, 1.807) is 35.0 Å². The normalized spacial score (nSPS) is 11.6. The van der Waals surface area contributed by atoms with E-state index in [1.165, 1.54) is 6.20 Å². The van der Waals surface area contributed by atoms with Crippen molar-refractivity contribution in [1.29, 1.82) is 0 Å². The van der Waals surface area contributed by atoms with E-state index in [2.05, 4.69) is 29.2 Å². The van der Waals surface area contributed by atoms with Gasteiger partial charge in [0, 0.05) is 18.1 Å². The Labute approximate surface area is 167 Å². The average molecular weight is 398 g/mol. The van der Waals surface area contributed by atoms with E-state index in [9.17, 15) is 9.59 Å². The highest BCUT2D eigenvalue weighted by Gasteiger charge is 2.17. The summed E-state index contributed by atoms with van der Waals surface area (Å²) < 4.78 is 6.79. The molecule has 7 heteroatoms. The topological polar surface area (TPSA) is 74.1 Å². The van der Waals surface area contributed by atoms with Crippen molar-refractivity contribution < 1.29 is 9.53 Å². The molecule has 0 N–H and O–H groups in total. The summed E-state index contributed by atoms with van der Waals surface area (Å²) in [6.07, 6.45) is 5.33. The van der Waals surface area contributed by atoms with Gasteiger partial charge in [-0.3, -0.25) is 4.79 Å². The van der Waals surface area contributed by atoms with E-state index < -0.39 is 5.97 Å². The lowest BCUT2D eigenvalue weighted by Crippen LogP contribution is -2.21. The zero-order valence-electron chi connectivity index (χ0n) is 16.4. The molecule has 3 heterocycles. The third-order valence-electron chi connectivity index (χ3n) is 4.31. The standard InChI is InChI=1S/C21H23N3O3S/c1-5-24-11-16(21(26)27-6-2)19(25)15-9-7-14(22-20(15)24)8-10-18-23-17(12-28-18)13(3)4/h7-13H,5-6H2,1-4H3/b10-8+. The van der Waals surface area contributed by atoms with Gasteiger partial charge in [0.2, 0.25) is 5.43 Å². The lowest BCUT2D eigenvalue weighted by atomic mass is 10.1. The highest BCUT2D eigenvalue weighted by molar-refractivity contribution is 7.10. The van der Waals surface area contributed by atoms with Crippen LogP contribution in [0, 0.1) is 0 Å². The molecule has 0 aliphatic rings. The third kappa shape index (κ3) is 4.04. The maximum atomic E-state index is 12.7. The van der Waals surface area contributed by atoms with Gasteiger partial charge in [-0.1, -0.05) is 13.8 Å². The molecule has 0 unspecified atom stereocenters. The Kier molecular flexibility index (Phi) is 6.04. The number of thiazole rings is 1. The first-order valence-electron chi connectivity index (χ1n) is 9.29. The fourth-order valence-corrected chi connectivity index (χ4v) is 3.64. The van der Waals surface area contributed by atoms with Crippen LogP contribution in [-0.2, 0) is 11.3 Å². The summed E-state index contributed by atoms with van der Waals surface area (Å²) in [4.78, 5) is 34.0. The van der Waals surface area contributed by atoms with E-state index >= 15 is 0 Å². The second-order valence-electron chi connectivity index (χ2n) is 6.58. The Balaban J connectivity index is 2.00. The minimum atomic E-state index is -0.606. The molecule has 0 spiro atoms. The molecule has 0 atom stereocenters. The number of nitrogens with zero attached hydrogens (tertiary/aromatic N) is 3. The highest BCUT2D eigenvalue weighted by atomic mass is 32.1. The molecule has 28 heavy (non-hydrogen) atoms. The van der Waals surface area contributed by atoms with E-state index in [4.69, 9.17) is 4.74 Å². The predicted molar refractivity (Wildman–Crippen MR) is 113 cm³/mol. The van der Waals surface area contributed by atoms with Crippen LogP contribution in [0.4, 0.5) is 0 Å². The van der Waals surface area contributed by atoms with Gasteiger partial charge in [-0.15, -0.1) is 11.3 Å². The van der Waals surface area contributed by atoms with Gasteiger partial charge in [0.15, 0.2) is 0 Å². The summed E-state index contributed by atoms with van der Waals surface area (Å²) in [7, 11) is 0. The van der Waals surface area contributed by atoms with Gasteiger partial charge in [-0.05, 0) is 44.1 Å². The molecule has 0 amide bonds. The Bertz CT molecular complexity index is 1100. The molecule has 0 saturated heterocycles. The zero-order chi connectivity index (χ0) is 20.3. The second kappa shape index (κ2) is 8.48. The van der Waals surface area contributed by atoms with Crippen LogP contribution in [0.5, 0.6) is 0 Å². The quantitative estimate of drug-likeness (QED) is 0.578. The van der Waals surface area contributed by atoms with Crippen molar-refractivity contribution >= 4 is 40.5 Å². The van der Waals surface area contributed by atoms with Crippen LogP contribution in [0.2, 0.25) is 0 Å². The van der Waals surface area contributed by atoms with Gasteiger partial charge in [-0.25, -0.2) is 14.8 Å². The fraction of sp³-hybridized carbons (Fsp3) is 0.333. The summed E-state index contributed by atoms with van der Waals surface area (Å²) in [5.41, 5.74) is 2.01. The molecule has 0 radical (unpaired) electrons. The van der Waals surface area contributed by atoms with Crippen molar-refractivity contribution in [2.45, 2.75) is 40.2 Å². The number of hydrogen-bond acceptors (Lipinski definition) is 6.